The quantitative estimate of drug-likeness (QED) is 0.347. The maximum atomic E-state index is 8.76. The Morgan fingerprint density at radius 2 is 1.95 bits per heavy atom. The van der Waals surface area contributed by atoms with E-state index >= 15 is 0 Å². The average molecular weight is 265 g/mol. The molecule has 2 aliphatic carbocycles. The third kappa shape index (κ3) is 2.88. The summed E-state index contributed by atoms with van der Waals surface area (Å²) < 4.78 is 0. The third-order valence-corrected chi connectivity index (χ3v) is 5.54. The van der Waals surface area contributed by atoms with Crippen LogP contribution in [0.15, 0.2) is 5.16 Å². The van der Waals surface area contributed by atoms with Crippen molar-refractivity contribution in [2.45, 2.75) is 63.8 Å². The summed E-state index contributed by atoms with van der Waals surface area (Å²) >= 11 is 0. The van der Waals surface area contributed by atoms with E-state index in [-0.39, 0.29) is 0 Å². The van der Waals surface area contributed by atoms with Gasteiger partial charge in [0.1, 0.15) is 5.84 Å². The summed E-state index contributed by atoms with van der Waals surface area (Å²) in [6.07, 6.45) is 11.8. The van der Waals surface area contributed by atoms with E-state index in [0.717, 1.165) is 18.4 Å². The van der Waals surface area contributed by atoms with E-state index in [9.17, 15) is 0 Å². The molecule has 1 saturated heterocycles. The van der Waals surface area contributed by atoms with Crippen LogP contribution in [0.3, 0.4) is 0 Å². The lowest BCUT2D eigenvalue weighted by Gasteiger charge is -2.32. The predicted molar refractivity (Wildman–Crippen MR) is 76.2 cm³/mol. The molecule has 0 amide bonds. The second-order valence-corrected chi connectivity index (χ2v) is 6.99. The van der Waals surface area contributed by atoms with Crippen LogP contribution in [-0.2, 0) is 0 Å². The lowest BCUT2D eigenvalue weighted by Crippen LogP contribution is -2.39. The van der Waals surface area contributed by atoms with Gasteiger partial charge in [-0.2, -0.15) is 0 Å². The van der Waals surface area contributed by atoms with Gasteiger partial charge in [-0.25, -0.2) is 0 Å². The van der Waals surface area contributed by atoms with Gasteiger partial charge in [0.15, 0.2) is 0 Å². The number of likely N-dealkylation sites (tertiary alicyclic amines) is 1. The van der Waals surface area contributed by atoms with E-state index in [4.69, 9.17) is 10.9 Å². The maximum absolute atomic E-state index is 8.76. The Kier molecular flexibility index (Phi) is 3.70. The summed E-state index contributed by atoms with van der Waals surface area (Å²) in [5, 5.41) is 11.9. The highest BCUT2D eigenvalue weighted by Crippen LogP contribution is 2.50. The van der Waals surface area contributed by atoms with Crippen LogP contribution >= 0.6 is 0 Å². The van der Waals surface area contributed by atoms with E-state index in [0.29, 0.717) is 11.3 Å². The Labute approximate surface area is 116 Å². The van der Waals surface area contributed by atoms with E-state index in [2.05, 4.69) is 10.1 Å². The van der Waals surface area contributed by atoms with Gasteiger partial charge in [0.25, 0.3) is 0 Å². The van der Waals surface area contributed by atoms with Gasteiger partial charge >= 0.3 is 0 Å². The van der Waals surface area contributed by atoms with Crippen molar-refractivity contribution in [2.75, 3.05) is 13.1 Å². The van der Waals surface area contributed by atoms with Gasteiger partial charge in [0.2, 0.25) is 0 Å². The van der Waals surface area contributed by atoms with Gasteiger partial charge in [-0.1, -0.05) is 18.0 Å². The van der Waals surface area contributed by atoms with Crippen LogP contribution in [0.2, 0.25) is 0 Å². The monoisotopic (exact) mass is 265 g/mol. The molecule has 1 atom stereocenters. The summed E-state index contributed by atoms with van der Waals surface area (Å²) in [5.41, 5.74) is 6.04. The zero-order valence-corrected chi connectivity index (χ0v) is 11.9. The normalized spacial score (nSPS) is 32.0. The highest BCUT2D eigenvalue weighted by atomic mass is 16.4. The molecule has 19 heavy (non-hydrogen) atoms. The van der Waals surface area contributed by atoms with E-state index in [1.165, 1.54) is 64.5 Å². The first-order chi connectivity index (χ1) is 9.22. The van der Waals surface area contributed by atoms with Crippen molar-refractivity contribution < 1.29 is 5.21 Å². The van der Waals surface area contributed by atoms with Crippen LogP contribution in [-0.4, -0.2) is 35.1 Å². The highest BCUT2D eigenvalue weighted by Gasteiger charge is 2.47. The Balaban J connectivity index is 1.59. The SMILES string of the molecule is NC(CC1(CN2CCCC2C2CCCC2)CC1)=NO. The molecular formula is C15H27N3O. The Bertz CT molecular complexity index is 345. The molecule has 0 aromatic rings. The second-order valence-electron chi connectivity index (χ2n) is 6.99. The average Bonchev–Trinajstić information content (AvgIpc) is 2.86. The van der Waals surface area contributed by atoms with E-state index < -0.39 is 0 Å². The third-order valence-electron chi connectivity index (χ3n) is 5.54. The van der Waals surface area contributed by atoms with Crippen molar-refractivity contribution in [3.63, 3.8) is 0 Å². The largest absolute Gasteiger partial charge is 0.409 e. The van der Waals surface area contributed by atoms with Crippen molar-refractivity contribution in [2.24, 2.45) is 22.2 Å². The molecule has 2 saturated carbocycles. The van der Waals surface area contributed by atoms with E-state index in [1.54, 1.807) is 0 Å². The molecule has 1 heterocycles. The van der Waals surface area contributed by atoms with Crippen molar-refractivity contribution in [1.82, 2.24) is 4.90 Å². The predicted octanol–water partition coefficient (Wildman–Crippen LogP) is 2.56. The summed E-state index contributed by atoms with van der Waals surface area (Å²) in [7, 11) is 0. The number of nitrogens with zero attached hydrogens (tertiary/aromatic N) is 2. The molecule has 4 heteroatoms. The topological polar surface area (TPSA) is 61.8 Å². The minimum absolute atomic E-state index is 0.331. The molecule has 3 fully saturated rings. The summed E-state index contributed by atoms with van der Waals surface area (Å²) in [4.78, 5) is 2.73. The van der Waals surface area contributed by atoms with Gasteiger partial charge in [-0.05, 0) is 56.4 Å². The van der Waals surface area contributed by atoms with Crippen LogP contribution in [0.1, 0.15) is 57.8 Å². The fraction of sp³-hybridized carbons (Fsp3) is 0.933. The van der Waals surface area contributed by atoms with Gasteiger partial charge in [-0.15, -0.1) is 0 Å². The molecule has 0 spiro atoms. The van der Waals surface area contributed by atoms with Crippen LogP contribution in [0.25, 0.3) is 0 Å². The smallest absolute Gasteiger partial charge is 0.139 e. The fourth-order valence-corrected chi connectivity index (χ4v) is 4.34. The number of rotatable bonds is 5. The molecule has 4 nitrogen and oxygen atoms in total. The first kappa shape index (κ1) is 13.2. The maximum Gasteiger partial charge on any atom is 0.139 e. The lowest BCUT2D eigenvalue weighted by atomic mass is 9.94. The molecule has 108 valence electrons. The Hall–Kier alpha value is -0.770. The molecule has 0 aromatic carbocycles. The minimum atomic E-state index is 0.331. The Morgan fingerprint density at radius 3 is 2.58 bits per heavy atom. The fourth-order valence-electron chi connectivity index (χ4n) is 4.34. The molecule has 3 rings (SSSR count). The zero-order valence-electron chi connectivity index (χ0n) is 11.9. The molecule has 1 unspecified atom stereocenters. The highest BCUT2D eigenvalue weighted by molar-refractivity contribution is 5.80. The van der Waals surface area contributed by atoms with Crippen LogP contribution in [0.4, 0.5) is 0 Å². The number of hydrogen-bond acceptors (Lipinski definition) is 3. The first-order valence-electron chi connectivity index (χ1n) is 7.93. The van der Waals surface area contributed by atoms with Gasteiger partial charge in [0, 0.05) is 19.0 Å². The van der Waals surface area contributed by atoms with Crippen molar-refractivity contribution in [3.05, 3.63) is 0 Å². The first-order valence-corrected chi connectivity index (χ1v) is 7.93. The summed E-state index contributed by atoms with van der Waals surface area (Å²) in [6.45, 7) is 2.43. The molecule has 0 bridgehead atoms. The second kappa shape index (κ2) is 5.31. The standard InChI is InChI=1S/C15H27N3O/c16-14(17-19)10-15(7-8-15)11-18-9-3-6-13(18)12-4-1-2-5-12/h12-13,19H,1-11H2,(H2,16,17). The number of hydrogen-bond donors (Lipinski definition) is 2. The molecule has 3 N–H and O–H groups in total. The van der Waals surface area contributed by atoms with Crippen molar-refractivity contribution >= 4 is 5.84 Å². The van der Waals surface area contributed by atoms with Crippen LogP contribution in [0.5, 0.6) is 0 Å². The van der Waals surface area contributed by atoms with Crippen molar-refractivity contribution in [3.8, 4) is 0 Å². The van der Waals surface area contributed by atoms with Gasteiger partial charge in [-0.3, -0.25) is 4.90 Å². The van der Waals surface area contributed by atoms with Crippen LogP contribution < -0.4 is 5.73 Å². The van der Waals surface area contributed by atoms with Gasteiger partial charge in [0.05, 0.1) is 0 Å². The number of nitrogens with two attached hydrogens (primary N) is 1. The van der Waals surface area contributed by atoms with E-state index in [1.807, 2.05) is 0 Å². The molecule has 3 aliphatic rings. The molecule has 0 radical (unpaired) electrons. The summed E-state index contributed by atoms with van der Waals surface area (Å²) in [5.74, 6) is 1.36. The molecule has 0 aromatic heterocycles. The molecular weight excluding hydrogens is 238 g/mol. The van der Waals surface area contributed by atoms with Crippen molar-refractivity contribution in [1.29, 1.82) is 0 Å². The Morgan fingerprint density at radius 1 is 1.21 bits per heavy atom. The number of amidine groups is 1. The lowest BCUT2D eigenvalue weighted by molar-refractivity contribution is 0.158. The van der Waals surface area contributed by atoms with Gasteiger partial charge < -0.3 is 10.9 Å². The number of oxime groups is 1. The summed E-state index contributed by atoms with van der Waals surface area (Å²) in [6, 6.07) is 0.826. The minimum Gasteiger partial charge on any atom is -0.409 e. The zero-order chi connectivity index (χ0) is 13.3. The molecule has 1 aliphatic heterocycles. The van der Waals surface area contributed by atoms with Crippen LogP contribution in [0, 0.1) is 11.3 Å².